The second-order valence-electron chi connectivity index (χ2n) is 6.84. The molecule has 0 atom stereocenters. The van der Waals surface area contributed by atoms with Crippen LogP contribution in [0.15, 0.2) is 61.7 Å². The molecule has 2 N–H and O–H groups in total. The van der Waals surface area contributed by atoms with Gasteiger partial charge in [0.05, 0.1) is 6.26 Å². The van der Waals surface area contributed by atoms with Crippen LogP contribution in [0.5, 0.6) is 0 Å². The number of hydrogen-bond donors (Lipinski definition) is 2. The topological polar surface area (TPSA) is 46.2 Å². The van der Waals surface area contributed by atoms with Crippen LogP contribution in [-0.4, -0.2) is 18.6 Å². The molecule has 3 rings (SSSR count). The Morgan fingerprint density at radius 3 is 2.59 bits per heavy atom. The van der Waals surface area contributed by atoms with Crippen molar-refractivity contribution in [2.24, 2.45) is 0 Å². The van der Waals surface area contributed by atoms with Crippen LogP contribution in [0.1, 0.15) is 37.0 Å². The van der Waals surface area contributed by atoms with Crippen molar-refractivity contribution in [2.75, 3.05) is 18.9 Å². The van der Waals surface area contributed by atoms with E-state index >= 15 is 0 Å². The average molecular weight is 430 g/mol. The highest BCUT2D eigenvalue weighted by Gasteiger charge is 2.07. The smallest absolute Gasteiger partial charge is 0.126 e. The summed E-state index contributed by atoms with van der Waals surface area (Å²) in [6, 6.07) is 8.59. The molecule has 4 heteroatoms. The van der Waals surface area contributed by atoms with Crippen molar-refractivity contribution in [1.29, 1.82) is 0 Å². The number of nitrogens with zero attached hydrogens (tertiary/aromatic N) is 1. The number of anilines is 1. The Morgan fingerprint density at radius 2 is 1.97 bits per heavy atom. The fraction of sp³-hybridized carbons (Fsp3) is 0.250. The minimum Gasteiger partial charge on any atom is -0.470 e. The highest BCUT2D eigenvalue weighted by Crippen LogP contribution is 2.16. The zero-order valence-corrected chi connectivity index (χ0v) is 19.5. The Labute approximate surface area is 193 Å². The van der Waals surface area contributed by atoms with Gasteiger partial charge in [-0.3, -0.25) is 0 Å². The summed E-state index contributed by atoms with van der Waals surface area (Å²) in [4.78, 5) is 4.29. The van der Waals surface area contributed by atoms with Gasteiger partial charge in [0, 0.05) is 26.2 Å². The Hall–Kier alpha value is -3.55. The van der Waals surface area contributed by atoms with Gasteiger partial charge >= 0.3 is 0 Å². The van der Waals surface area contributed by atoms with Crippen molar-refractivity contribution < 1.29 is 4.74 Å². The standard InChI is InChI=1S/C15H20N2O.C11H13N.C2H2/c1-5-12-11-17-15(16-4)10-13(12)8-9-14(6-2)18-7-3;1-2-9-3-4-10-5-6-12-8-11(10)7-9;1-2/h5-8,10-11,16H,3,9H2,1-2,4H3;2-4,7,12H,1,5-6,8H2;1-2H/b12-5-,13-8-,14-6-;;. The molecule has 0 bridgehead atoms. The Balaban J connectivity index is 0.000000315. The minimum absolute atomic E-state index is 0.733. The summed E-state index contributed by atoms with van der Waals surface area (Å²) in [5.41, 5.74) is 4.13. The summed E-state index contributed by atoms with van der Waals surface area (Å²) in [6.45, 7) is 13.4. The van der Waals surface area contributed by atoms with Crippen molar-refractivity contribution in [2.45, 2.75) is 33.2 Å². The molecule has 1 aliphatic rings. The van der Waals surface area contributed by atoms with Gasteiger partial charge in [-0.05, 0) is 66.1 Å². The van der Waals surface area contributed by atoms with E-state index in [0.717, 1.165) is 47.9 Å². The fourth-order valence-corrected chi connectivity index (χ4v) is 3.22. The average Bonchev–Trinajstić information content (AvgIpc) is 2.87. The van der Waals surface area contributed by atoms with E-state index in [1.54, 1.807) is 0 Å². The van der Waals surface area contributed by atoms with E-state index in [-0.39, 0.29) is 0 Å². The minimum atomic E-state index is 0.733. The summed E-state index contributed by atoms with van der Waals surface area (Å²) in [7, 11) is 1.86. The lowest BCUT2D eigenvalue weighted by Crippen LogP contribution is -2.25. The molecule has 0 saturated carbocycles. The quantitative estimate of drug-likeness (QED) is 0.528. The largest absolute Gasteiger partial charge is 0.470 e. The molecule has 1 aromatic carbocycles. The number of aromatic nitrogens is 1. The Morgan fingerprint density at radius 1 is 1.19 bits per heavy atom. The lowest BCUT2D eigenvalue weighted by Gasteiger charge is -2.16. The van der Waals surface area contributed by atoms with Crippen LogP contribution in [-0.2, 0) is 17.7 Å². The van der Waals surface area contributed by atoms with E-state index in [4.69, 9.17) is 4.74 Å². The summed E-state index contributed by atoms with van der Waals surface area (Å²) in [5, 5.41) is 8.65. The van der Waals surface area contributed by atoms with Crippen LogP contribution in [0.2, 0.25) is 0 Å². The van der Waals surface area contributed by atoms with Crippen molar-refractivity contribution in [1.82, 2.24) is 10.3 Å². The third-order valence-electron chi connectivity index (χ3n) is 4.97. The lowest BCUT2D eigenvalue weighted by atomic mass is 9.99. The first-order valence-electron chi connectivity index (χ1n) is 10.7. The Bertz CT molecular complexity index is 1050. The third-order valence-corrected chi connectivity index (χ3v) is 4.97. The van der Waals surface area contributed by atoms with E-state index < -0.39 is 0 Å². The fourth-order valence-electron chi connectivity index (χ4n) is 3.22. The maximum atomic E-state index is 5.30. The van der Waals surface area contributed by atoms with Gasteiger partial charge in [-0.25, -0.2) is 4.98 Å². The lowest BCUT2D eigenvalue weighted by molar-refractivity contribution is 0.346. The van der Waals surface area contributed by atoms with Gasteiger partial charge in [0.1, 0.15) is 11.6 Å². The molecule has 168 valence electrons. The van der Waals surface area contributed by atoms with Gasteiger partial charge in [-0.1, -0.05) is 49.6 Å². The molecule has 32 heavy (non-hydrogen) atoms. The van der Waals surface area contributed by atoms with E-state index in [0.29, 0.717) is 0 Å². The highest BCUT2D eigenvalue weighted by molar-refractivity contribution is 5.50. The van der Waals surface area contributed by atoms with Crippen LogP contribution in [0.3, 0.4) is 0 Å². The number of terminal acetylenes is 1. The second-order valence-corrected chi connectivity index (χ2v) is 6.84. The molecule has 0 amide bonds. The van der Waals surface area contributed by atoms with Crippen LogP contribution in [0.4, 0.5) is 5.82 Å². The van der Waals surface area contributed by atoms with Gasteiger partial charge in [0.25, 0.3) is 0 Å². The van der Waals surface area contributed by atoms with Crippen LogP contribution in [0.25, 0.3) is 18.2 Å². The molecule has 0 radical (unpaired) electrons. The maximum absolute atomic E-state index is 5.30. The second kappa shape index (κ2) is 15.3. The van der Waals surface area contributed by atoms with Gasteiger partial charge in [-0.15, -0.1) is 12.8 Å². The first-order valence-corrected chi connectivity index (χ1v) is 10.7. The molecular formula is C28H35N3O. The third kappa shape index (κ3) is 8.29. The SMILES string of the molecule is C#C.C=CO/C(=C\C)C/C=c1/cc(NC)nc/c1=C/C.C=Cc1ccc2c(c1)CNCC2. The number of benzene rings is 1. The number of pyridine rings is 1. The first kappa shape index (κ1) is 26.5. The molecule has 0 fully saturated rings. The zero-order chi connectivity index (χ0) is 23.8. The molecule has 0 aliphatic carbocycles. The van der Waals surface area contributed by atoms with E-state index in [9.17, 15) is 0 Å². The normalized spacial score (nSPS) is 13.5. The van der Waals surface area contributed by atoms with Crippen molar-refractivity contribution in [3.05, 3.63) is 88.8 Å². The first-order chi connectivity index (χ1) is 15.6. The molecule has 2 heterocycles. The number of hydrogen-bond acceptors (Lipinski definition) is 4. The zero-order valence-electron chi connectivity index (χ0n) is 19.5. The molecule has 0 unspecified atom stereocenters. The predicted molar refractivity (Wildman–Crippen MR) is 139 cm³/mol. The van der Waals surface area contributed by atoms with Crippen molar-refractivity contribution in [3.8, 4) is 12.8 Å². The number of ether oxygens (including phenoxy) is 1. The molecule has 0 spiro atoms. The molecule has 2 aromatic rings. The summed E-state index contributed by atoms with van der Waals surface area (Å²) in [6.07, 6.45) is 21.2. The number of nitrogens with one attached hydrogen (secondary N) is 2. The predicted octanol–water partition coefficient (Wildman–Crippen LogP) is 4.38. The van der Waals surface area contributed by atoms with E-state index in [1.165, 1.54) is 23.0 Å². The number of rotatable bonds is 6. The summed E-state index contributed by atoms with van der Waals surface area (Å²) >= 11 is 0. The monoisotopic (exact) mass is 429 g/mol. The number of fused-ring (bicyclic) bond motifs is 1. The molecule has 1 aliphatic heterocycles. The van der Waals surface area contributed by atoms with Crippen molar-refractivity contribution in [3.63, 3.8) is 0 Å². The molecule has 4 nitrogen and oxygen atoms in total. The maximum Gasteiger partial charge on any atom is 0.126 e. The molecule has 0 saturated heterocycles. The van der Waals surface area contributed by atoms with Crippen LogP contribution in [0, 0.1) is 12.8 Å². The summed E-state index contributed by atoms with van der Waals surface area (Å²) < 4.78 is 5.30. The van der Waals surface area contributed by atoms with Gasteiger partial charge < -0.3 is 15.4 Å². The van der Waals surface area contributed by atoms with Gasteiger partial charge in [0.15, 0.2) is 0 Å². The van der Waals surface area contributed by atoms with E-state index in [1.807, 2.05) is 51.4 Å². The number of allylic oxidation sites excluding steroid dienone is 2. The van der Waals surface area contributed by atoms with Crippen molar-refractivity contribution >= 4 is 24.0 Å². The summed E-state index contributed by atoms with van der Waals surface area (Å²) in [5.74, 6) is 1.74. The van der Waals surface area contributed by atoms with E-state index in [2.05, 4.69) is 65.9 Å². The van der Waals surface area contributed by atoms with Crippen LogP contribution < -0.4 is 21.1 Å². The highest BCUT2D eigenvalue weighted by atomic mass is 16.5. The van der Waals surface area contributed by atoms with Crippen LogP contribution >= 0.6 is 0 Å². The molecular weight excluding hydrogens is 394 g/mol. The Kier molecular flexibility index (Phi) is 12.6. The molecule has 1 aromatic heterocycles. The van der Waals surface area contributed by atoms with Gasteiger partial charge in [-0.2, -0.15) is 0 Å². The van der Waals surface area contributed by atoms with Gasteiger partial charge in [0.2, 0.25) is 0 Å².